The SMILES string of the molecule is CC1(OCc2ccccc2)CC(O)C1. The minimum atomic E-state index is -0.157. The van der Waals surface area contributed by atoms with Crippen molar-refractivity contribution in [3.63, 3.8) is 0 Å². The van der Waals surface area contributed by atoms with E-state index in [2.05, 4.69) is 19.1 Å². The van der Waals surface area contributed by atoms with E-state index in [4.69, 9.17) is 4.74 Å². The van der Waals surface area contributed by atoms with Crippen LogP contribution in [-0.4, -0.2) is 16.8 Å². The molecule has 1 aliphatic carbocycles. The van der Waals surface area contributed by atoms with Gasteiger partial charge in [0.25, 0.3) is 0 Å². The third-order valence-electron chi connectivity index (χ3n) is 2.76. The van der Waals surface area contributed by atoms with Crippen LogP contribution < -0.4 is 0 Å². The van der Waals surface area contributed by atoms with Gasteiger partial charge >= 0.3 is 0 Å². The van der Waals surface area contributed by atoms with Gasteiger partial charge in [0.15, 0.2) is 0 Å². The Morgan fingerprint density at radius 1 is 1.36 bits per heavy atom. The van der Waals surface area contributed by atoms with Crippen LogP contribution >= 0.6 is 0 Å². The molecule has 1 aliphatic rings. The molecule has 2 nitrogen and oxygen atoms in total. The summed E-state index contributed by atoms with van der Waals surface area (Å²) in [4.78, 5) is 0. The predicted octanol–water partition coefficient (Wildman–Crippen LogP) is 2.12. The van der Waals surface area contributed by atoms with Gasteiger partial charge in [-0.3, -0.25) is 0 Å². The molecule has 0 unspecified atom stereocenters. The van der Waals surface area contributed by atoms with Crippen molar-refractivity contribution in [2.75, 3.05) is 0 Å². The number of benzene rings is 1. The lowest BCUT2D eigenvalue weighted by Gasteiger charge is -2.42. The van der Waals surface area contributed by atoms with Crippen LogP contribution in [0.15, 0.2) is 30.3 Å². The summed E-state index contributed by atoms with van der Waals surface area (Å²) in [5.41, 5.74) is 1.09. The predicted molar refractivity (Wildman–Crippen MR) is 54.9 cm³/mol. The fourth-order valence-electron chi connectivity index (χ4n) is 1.89. The average Bonchev–Trinajstić information content (AvgIpc) is 2.15. The molecule has 76 valence electrons. The first-order chi connectivity index (χ1) is 6.68. The van der Waals surface area contributed by atoms with E-state index in [1.165, 1.54) is 5.56 Å². The second kappa shape index (κ2) is 3.71. The molecule has 0 aliphatic heterocycles. The summed E-state index contributed by atoms with van der Waals surface area (Å²) in [5.74, 6) is 0. The van der Waals surface area contributed by atoms with Crippen LogP contribution in [0.3, 0.4) is 0 Å². The zero-order valence-electron chi connectivity index (χ0n) is 8.44. The number of aliphatic hydroxyl groups excluding tert-OH is 1. The standard InChI is InChI=1S/C12H16O2/c1-12(7-11(13)8-12)14-9-10-5-3-2-4-6-10/h2-6,11,13H,7-9H2,1H3. The van der Waals surface area contributed by atoms with Crippen LogP contribution in [0.4, 0.5) is 0 Å². The Balaban J connectivity index is 1.83. The largest absolute Gasteiger partial charge is 0.393 e. The van der Waals surface area contributed by atoms with Crippen LogP contribution in [0.25, 0.3) is 0 Å². The molecule has 0 spiro atoms. The van der Waals surface area contributed by atoms with Crippen molar-refractivity contribution >= 4 is 0 Å². The molecule has 1 N–H and O–H groups in total. The van der Waals surface area contributed by atoms with Crippen LogP contribution in [0, 0.1) is 0 Å². The Morgan fingerprint density at radius 2 is 2.00 bits per heavy atom. The first-order valence-electron chi connectivity index (χ1n) is 5.04. The highest BCUT2D eigenvalue weighted by molar-refractivity contribution is 5.13. The monoisotopic (exact) mass is 192 g/mol. The Morgan fingerprint density at radius 3 is 2.57 bits per heavy atom. The maximum atomic E-state index is 9.20. The van der Waals surface area contributed by atoms with E-state index >= 15 is 0 Å². The number of hydrogen-bond acceptors (Lipinski definition) is 2. The summed E-state index contributed by atoms with van der Waals surface area (Å²) >= 11 is 0. The summed E-state index contributed by atoms with van der Waals surface area (Å²) in [5, 5.41) is 9.20. The molecule has 14 heavy (non-hydrogen) atoms. The van der Waals surface area contributed by atoms with Crippen LogP contribution in [0.1, 0.15) is 25.3 Å². The van der Waals surface area contributed by atoms with Gasteiger partial charge in [-0.05, 0) is 12.5 Å². The Bertz CT molecular complexity index is 288. The summed E-state index contributed by atoms with van der Waals surface area (Å²) in [6, 6.07) is 10.1. The van der Waals surface area contributed by atoms with Gasteiger partial charge in [-0.2, -0.15) is 0 Å². The van der Waals surface area contributed by atoms with E-state index in [-0.39, 0.29) is 11.7 Å². The molecule has 0 aromatic heterocycles. The Kier molecular flexibility index (Phi) is 2.57. The highest BCUT2D eigenvalue weighted by Crippen LogP contribution is 2.35. The van der Waals surface area contributed by atoms with Crippen molar-refractivity contribution in [1.82, 2.24) is 0 Å². The third kappa shape index (κ3) is 2.14. The zero-order chi connectivity index (χ0) is 10.0. The highest BCUT2D eigenvalue weighted by atomic mass is 16.5. The zero-order valence-corrected chi connectivity index (χ0v) is 8.44. The molecule has 1 aromatic carbocycles. The molecule has 2 heteroatoms. The first-order valence-corrected chi connectivity index (χ1v) is 5.04. The minimum Gasteiger partial charge on any atom is -0.393 e. The lowest BCUT2D eigenvalue weighted by atomic mass is 9.79. The minimum absolute atomic E-state index is 0.102. The average molecular weight is 192 g/mol. The van der Waals surface area contributed by atoms with Gasteiger partial charge in [-0.15, -0.1) is 0 Å². The second-order valence-electron chi connectivity index (χ2n) is 4.29. The summed E-state index contributed by atoms with van der Waals surface area (Å²) < 4.78 is 5.76. The number of aliphatic hydroxyl groups is 1. The Labute approximate surface area is 84.5 Å². The molecule has 0 heterocycles. The molecule has 1 saturated carbocycles. The van der Waals surface area contributed by atoms with E-state index in [0.29, 0.717) is 6.61 Å². The van der Waals surface area contributed by atoms with Gasteiger partial charge < -0.3 is 9.84 Å². The summed E-state index contributed by atoms with van der Waals surface area (Å²) in [7, 11) is 0. The summed E-state index contributed by atoms with van der Waals surface area (Å²) in [6.45, 7) is 2.70. The second-order valence-corrected chi connectivity index (χ2v) is 4.29. The third-order valence-corrected chi connectivity index (χ3v) is 2.76. The lowest BCUT2D eigenvalue weighted by Crippen LogP contribution is -2.46. The summed E-state index contributed by atoms with van der Waals surface area (Å²) in [6.07, 6.45) is 1.37. The van der Waals surface area contributed by atoms with Gasteiger partial charge in [-0.25, -0.2) is 0 Å². The maximum Gasteiger partial charge on any atom is 0.0724 e. The highest BCUT2D eigenvalue weighted by Gasteiger charge is 2.40. The van der Waals surface area contributed by atoms with E-state index < -0.39 is 0 Å². The fourth-order valence-corrected chi connectivity index (χ4v) is 1.89. The number of ether oxygens (including phenoxy) is 1. The number of hydrogen-bond donors (Lipinski definition) is 1. The van der Waals surface area contributed by atoms with Crippen molar-refractivity contribution in [1.29, 1.82) is 0 Å². The number of rotatable bonds is 3. The first kappa shape index (κ1) is 9.69. The van der Waals surface area contributed by atoms with Crippen molar-refractivity contribution in [3.05, 3.63) is 35.9 Å². The quantitative estimate of drug-likeness (QED) is 0.794. The molecule has 0 amide bonds. The van der Waals surface area contributed by atoms with Crippen molar-refractivity contribution in [2.24, 2.45) is 0 Å². The molecule has 0 bridgehead atoms. The Hall–Kier alpha value is -0.860. The van der Waals surface area contributed by atoms with Crippen molar-refractivity contribution in [3.8, 4) is 0 Å². The van der Waals surface area contributed by atoms with E-state index in [1.807, 2.05) is 18.2 Å². The molecule has 0 atom stereocenters. The van der Waals surface area contributed by atoms with Crippen LogP contribution in [0.2, 0.25) is 0 Å². The fraction of sp³-hybridized carbons (Fsp3) is 0.500. The van der Waals surface area contributed by atoms with Gasteiger partial charge in [0, 0.05) is 12.8 Å². The molecule has 2 rings (SSSR count). The lowest BCUT2D eigenvalue weighted by molar-refractivity contribution is -0.150. The van der Waals surface area contributed by atoms with Gasteiger partial charge in [0.1, 0.15) is 0 Å². The molecule has 1 aromatic rings. The van der Waals surface area contributed by atoms with E-state index in [0.717, 1.165) is 12.8 Å². The molecular formula is C12H16O2. The van der Waals surface area contributed by atoms with Gasteiger partial charge in [0.05, 0.1) is 18.3 Å². The molecule has 0 saturated heterocycles. The molecule has 1 fully saturated rings. The van der Waals surface area contributed by atoms with E-state index in [9.17, 15) is 5.11 Å². The smallest absolute Gasteiger partial charge is 0.0724 e. The van der Waals surface area contributed by atoms with Crippen LogP contribution in [-0.2, 0) is 11.3 Å². The maximum absolute atomic E-state index is 9.20. The van der Waals surface area contributed by atoms with E-state index in [1.54, 1.807) is 0 Å². The van der Waals surface area contributed by atoms with Crippen molar-refractivity contribution in [2.45, 2.75) is 38.1 Å². The molecular weight excluding hydrogens is 176 g/mol. The normalized spacial score (nSPS) is 31.1. The van der Waals surface area contributed by atoms with Gasteiger partial charge in [0.2, 0.25) is 0 Å². The van der Waals surface area contributed by atoms with Gasteiger partial charge in [-0.1, -0.05) is 30.3 Å². The molecule has 0 radical (unpaired) electrons. The van der Waals surface area contributed by atoms with Crippen LogP contribution in [0.5, 0.6) is 0 Å². The van der Waals surface area contributed by atoms with Crippen molar-refractivity contribution < 1.29 is 9.84 Å². The topological polar surface area (TPSA) is 29.5 Å².